The molecule has 2 saturated heterocycles. The van der Waals surface area contributed by atoms with Crippen LogP contribution in [0.4, 0.5) is 10.7 Å². The summed E-state index contributed by atoms with van der Waals surface area (Å²) in [6.45, 7) is 4.99. The molecule has 0 spiro atoms. The summed E-state index contributed by atoms with van der Waals surface area (Å²) in [6.07, 6.45) is 3.46. The average molecular weight is 416 g/mol. The molecule has 3 aromatic rings. The zero-order valence-electron chi connectivity index (χ0n) is 17.4. The topological polar surface area (TPSA) is 81.7 Å². The van der Waals surface area contributed by atoms with Crippen LogP contribution in [-0.4, -0.2) is 64.6 Å². The molecule has 3 amide bonds. The van der Waals surface area contributed by atoms with Crippen molar-refractivity contribution in [3.05, 3.63) is 66.5 Å². The number of fused-ring (bicyclic) bond motifs is 1. The maximum Gasteiger partial charge on any atom is 0.326 e. The third-order valence-electron chi connectivity index (χ3n) is 6.15. The fraction of sp³-hybridized carbons (Fsp3) is 0.304. The normalized spacial score (nSPS) is 22.2. The minimum absolute atomic E-state index is 0.221. The van der Waals surface area contributed by atoms with E-state index in [0.29, 0.717) is 5.95 Å². The number of amides is 3. The van der Waals surface area contributed by atoms with Crippen LogP contribution < -0.4 is 10.2 Å². The number of hydrogen-bond donors (Lipinski definition) is 1. The van der Waals surface area contributed by atoms with Gasteiger partial charge in [0.05, 0.1) is 6.67 Å². The van der Waals surface area contributed by atoms with Crippen molar-refractivity contribution in [3.8, 4) is 0 Å². The Balaban J connectivity index is 1.29. The van der Waals surface area contributed by atoms with Gasteiger partial charge in [-0.05, 0) is 35.4 Å². The van der Waals surface area contributed by atoms with Gasteiger partial charge >= 0.3 is 6.03 Å². The van der Waals surface area contributed by atoms with E-state index in [0.717, 1.165) is 42.5 Å². The lowest BCUT2D eigenvalue weighted by Crippen LogP contribution is -2.52. The molecule has 0 bridgehead atoms. The number of aromatic nitrogens is 2. The van der Waals surface area contributed by atoms with E-state index in [2.05, 4.69) is 25.1 Å². The van der Waals surface area contributed by atoms with Crippen molar-refractivity contribution in [3.63, 3.8) is 0 Å². The fourth-order valence-corrected chi connectivity index (χ4v) is 4.27. The molecule has 0 saturated carbocycles. The summed E-state index contributed by atoms with van der Waals surface area (Å²) in [5.74, 6) is 0.489. The van der Waals surface area contributed by atoms with Gasteiger partial charge in [-0.15, -0.1) is 0 Å². The number of nitrogens with zero attached hydrogens (tertiary/aromatic N) is 5. The van der Waals surface area contributed by atoms with Gasteiger partial charge in [-0.3, -0.25) is 9.69 Å². The van der Waals surface area contributed by atoms with Crippen molar-refractivity contribution in [2.45, 2.75) is 12.5 Å². The van der Waals surface area contributed by atoms with Gasteiger partial charge in [-0.1, -0.05) is 36.4 Å². The molecule has 0 radical (unpaired) electrons. The first-order valence-corrected chi connectivity index (χ1v) is 10.4. The lowest BCUT2D eigenvalue weighted by molar-refractivity contribution is -0.132. The van der Waals surface area contributed by atoms with Gasteiger partial charge in [0.1, 0.15) is 5.54 Å². The van der Waals surface area contributed by atoms with Gasteiger partial charge in [0.2, 0.25) is 5.95 Å². The molecule has 8 nitrogen and oxygen atoms in total. The molecule has 2 aliphatic rings. The predicted molar refractivity (Wildman–Crippen MR) is 117 cm³/mol. The molecule has 2 aliphatic heterocycles. The molecule has 3 heterocycles. The first-order valence-electron chi connectivity index (χ1n) is 10.4. The maximum atomic E-state index is 13.3. The number of carbonyl (C=O) groups is 2. The molecule has 5 rings (SSSR count). The zero-order valence-corrected chi connectivity index (χ0v) is 17.4. The highest BCUT2D eigenvalue weighted by Gasteiger charge is 2.49. The molecule has 0 unspecified atom stereocenters. The number of nitrogens with one attached hydrogen (secondary N) is 1. The number of benzene rings is 2. The van der Waals surface area contributed by atoms with E-state index in [1.54, 1.807) is 25.4 Å². The molecular formula is C23H24N6O2. The number of imide groups is 1. The van der Waals surface area contributed by atoms with Crippen LogP contribution in [0.15, 0.2) is 60.9 Å². The van der Waals surface area contributed by atoms with E-state index in [4.69, 9.17) is 0 Å². The van der Waals surface area contributed by atoms with Gasteiger partial charge in [0, 0.05) is 38.6 Å². The van der Waals surface area contributed by atoms with Crippen molar-refractivity contribution >= 4 is 28.7 Å². The molecular weight excluding hydrogens is 392 g/mol. The van der Waals surface area contributed by atoms with Crippen LogP contribution in [0.25, 0.3) is 10.8 Å². The van der Waals surface area contributed by atoms with Crippen LogP contribution in [0.3, 0.4) is 0 Å². The number of carbonyl (C=O) groups excluding carboxylic acids is 2. The Morgan fingerprint density at radius 2 is 1.65 bits per heavy atom. The largest absolute Gasteiger partial charge is 0.338 e. The second-order valence-electron chi connectivity index (χ2n) is 8.15. The molecule has 158 valence electrons. The molecule has 1 N–H and O–H groups in total. The monoisotopic (exact) mass is 416 g/mol. The summed E-state index contributed by atoms with van der Waals surface area (Å²) >= 11 is 0. The highest BCUT2D eigenvalue weighted by molar-refractivity contribution is 6.07. The van der Waals surface area contributed by atoms with Crippen LogP contribution in [0.5, 0.6) is 0 Å². The molecule has 2 aromatic carbocycles. The van der Waals surface area contributed by atoms with Crippen molar-refractivity contribution in [1.29, 1.82) is 0 Å². The minimum Gasteiger partial charge on any atom is -0.338 e. The number of anilines is 1. The Labute approximate surface area is 180 Å². The molecule has 0 aliphatic carbocycles. The van der Waals surface area contributed by atoms with Gasteiger partial charge in [0.15, 0.2) is 0 Å². The maximum absolute atomic E-state index is 13.3. The minimum atomic E-state index is -1.07. The second kappa shape index (κ2) is 7.63. The Hall–Kier alpha value is -3.52. The Morgan fingerprint density at radius 1 is 0.935 bits per heavy atom. The van der Waals surface area contributed by atoms with Gasteiger partial charge in [-0.2, -0.15) is 0 Å². The Morgan fingerprint density at radius 3 is 2.39 bits per heavy atom. The quantitative estimate of drug-likeness (QED) is 0.657. The third kappa shape index (κ3) is 3.48. The van der Waals surface area contributed by atoms with Gasteiger partial charge in [-0.25, -0.2) is 19.7 Å². The summed E-state index contributed by atoms with van der Waals surface area (Å²) in [7, 11) is 0. The number of hydrogen-bond acceptors (Lipinski definition) is 6. The van der Waals surface area contributed by atoms with Crippen LogP contribution in [0.1, 0.15) is 12.5 Å². The number of rotatable bonds is 4. The van der Waals surface area contributed by atoms with E-state index in [1.807, 2.05) is 42.5 Å². The standard InChI is InChI=1S/C23H24N6O2/c1-23(19-8-7-17-5-2-3-6-18(17)15-19)20(30)29(22(31)26-23)16-27-11-13-28(14-12-27)21-24-9-4-10-25-21/h2-10,15H,11-14,16H2,1H3,(H,26,31)/t23-/m1/s1. The average Bonchev–Trinajstić information content (AvgIpc) is 3.03. The number of urea groups is 1. The van der Waals surface area contributed by atoms with E-state index >= 15 is 0 Å². The second-order valence-corrected chi connectivity index (χ2v) is 8.15. The first kappa shape index (κ1) is 19.4. The van der Waals surface area contributed by atoms with Crippen molar-refractivity contribution in [2.75, 3.05) is 37.7 Å². The van der Waals surface area contributed by atoms with Gasteiger partial charge < -0.3 is 10.2 Å². The van der Waals surface area contributed by atoms with Crippen LogP contribution in [-0.2, 0) is 10.3 Å². The third-order valence-corrected chi connectivity index (χ3v) is 6.15. The SMILES string of the molecule is C[C@]1(c2ccc3ccccc3c2)NC(=O)N(CN2CCN(c3ncccn3)CC2)C1=O. The van der Waals surface area contributed by atoms with Crippen LogP contribution in [0.2, 0.25) is 0 Å². The molecule has 1 atom stereocenters. The summed E-state index contributed by atoms with van der Waals surface area (Å²) in [4.78, 5) is 40.2. The van der Waals surface area contributed by atoms with E-state index in [-0.39, 0.29) is 18.6 Å². The molecule has 31 heavy (non-hydrogen) atoms. The van der Waals surface area contributed by atoms with E-state index in [9.17, 15) is 9.59 Å². The Bertz CT molecular complexity index is 1130. The van der Waals surface area contributed by atoms with Crippen LogP contribution in [0, 0.1) is 0 Å². The smallest absolute Gasteiger partial charge is 0.326 e. The summed E-state index contributed by atoms with van der Waals surface area (Å²) in [5.41, 5.74) is -0.279. The summed E-state index contributed by atoms with van der Waals surface area (Å²) in [5, 5.41) is 5.06. The summed E-state index contributed by atoms with van der Waals surface area (Å²) in [6, 6.07) is 15.3. The first-order chi connectivity index (χ1) is 15.0. The van der Waals surface area contributed by atoms with Gasteiger partial charge in [0.25, 0.3) is 5.91 Å². The lowest BCUT2D eigenvalue weighted by atomic mass is 9.90. The predicted octanol–water partition coefficient (Wildman–Crippen LogP) is 2.18. The zero-order chi connectivity index (χ0) is 21.4. The van der Waals surface area contributed by atoms with Crippen molar-refractivity contribution < 1.29 is 9.59 Å². The van der Waals surface area contributed by atoms with E-state index in [1.165, 1.54) is 4.90 Å². The van der Waals surface area contributed by atoms with Crippen molar-refractivity contribution in [2.24, 2.45) is 0 Å². The highest BCUT2D eigenvalue weighted by atomic mass is 16.2. The molecule has 2 fully saturated rings. The summed E-state index contributed by atoms with van der Waals surface area (Å²) < 4.78 is 0. The Kier molecular flexibility index (Phi) is 4.78. The fourth-order valence-electron chi connectivity index (χ4n) is 4.27. The van der Waals surface area contributed by atoms with Crippen molar-refractivity contribution in [1.82, 2.24) is 25.1 Å². The number of piperazine rings is 1. The lowest BCUT2D eigenvalue weighted by Gasteiger charge is -2.36. The van der Waals surface area contributed by atoms with Crippen LogP contribution >= 0.6 is 0 Å². The molecule has 8 heteroatoms. The highest BCUT2D eigenvalue weighted by Crippen LogP contribution is 2.31. The molecule has 1 aromatic heterocycles. The van der Waals surface area contributed by atoms with E-state index < -0.39 is 5.54 Å².